The van der Waals surface area contributed by atoms with E-state index in [1.54, 1.807) is 13.0 Å². The van der Waals surface area contributed by atoms with Crippen molar-refractivity contribution in [1.82, 2.24) is 4.58 Å². The van der Waals surface area contributed by atoms with E-state index in [9.17, 15) is 9.59 Å². The molecule has 0 saturated heterocycles. The fourth-order valence-corrected chi connectivity index (χ4v) is 7.80. The zero-order valence-corrected chi connectivity index (χ0v) is 31.9. The third kappa shape index (κ3) is 8.81. The number of benzene rings is 3. The number of nitrogens with zero attached hydrogens (tertiary/aromatic N) is 2. The Bertz CT molecular complexity index is 1770. The molecule has 10 nitrogen and oxygen atoms in total. The van der Waals surface area contributed by atoms with Gasteiger partial charge in [0.25, 0.3) is 0 Å². The molecule has 1 unspecified atom stereocenters. The van der Waals surface area contributed by atoms with Crippen molar-refractivity contribution in [3.05, 3.63) is 71.6 Å². The second-order valence-corrected chi connectivity index (χ2v) is 15.2. The normalized spacial score (nSPS) is 12.2. The number of rotatable bonds is 18. The molecule has 11 heteroatoms. The third-order valence-corrected chi connectivity index (χ3v) is 12.0. The quantitative estimate of drug-likeness (QED) is 0.0362. The van der Waals surface area contributed by atoms with Gasteiger partial charge in [0.05, 0.1) is 36.8 Å². The summed E-state index contributed by atoms with van der Waals surface area (Å²) in [7, 11) is 1.75. The van der Waals surface area contributed by atoms with E-state index in [-0.39, 0.29) is 25.1 Å². The summed E-state index contributed by atoms with van der Waals surface area (Å²) in [6, 6.07) is 20.5. The molecule has 0 spiro atoms. The highest BCUT2D eigenvalue weighted by Gasteiger charge is 2.38. The van der Waals surface area contributed by atoms with Crippen LogP contribution in [0.3, 0.4) is 0 Å². The molecule has 270 valence electrons. The van der Waals surface area contributed by atoms with Crippen molar-refractivity contribution in [2.75, 3.05) is 65.6 Å². The molecule has 0 fully saturated rings. The molecule has 4 rings (SSSR count). The summed E-state index contributed by atoms with van der Waals surface area (Å²) in [5.41, 5.74) is 4.91. The van der Waals surface area contributed by atoms with Crippen molar-refractivity contribution in [2.24, 2.45) is 5.92 Å². The van der Waals surface area contributed by atoms with Crippen LogP contribution in [0.1, 0.15) is 57.8 Å². The van der Waals surface area contributed by atoms with Crippen molar-refractivity contribution in [3.8, 4) is 22.5 Å². The number of ether oxygens (including phenoxy) is 2. The highest BCUT2D eigenvalue weighted by atomic mass is 28.4. The Morgan fingerprint density at radius 1 is 0.840 bits per heavy atom. The predicted octanol–water partition coefficient (Wildman–Crippen LogP) is 6.86. The van der Waals surface area contributed by atoms with Crippen molar-refractivity contribution in [1.29, 1.82) is 0 Å². The van der Waals surface area contributed by atoms with Crippen LogP contribution in [0.4, 0.5) is 5.69 Å². The molecule has 1 aliphatic heterocycles. The monoisotopic (exact) mass is 705 g/mol. The SMILES string of the molecule is CCN(CC)c1ccc2c(-c3ccccc3C(=O)OCCCC(C)C(=O)OCC[Si](OC)(OC)OC)c3ccc(=[N+](CC)CC)cc-3oc2c1. The van der Waals surface area contributed by atoms with Gasteiger partial charge < -0.3 is 32.1 Å². The van der Waals surface area contributed by atoms with Gasteiger partial charge in [-0.2, -0.15) is 0 Å². The van der Waals surface area contributed by atoms with Gasteiger partial charge >= 0.3 is 20.7 Å². The van der Waals surface area contributed by atoms with E-state index in [0.717, 1.165) is 70.6 Å². The average Bonchev–Trinajstić information content (AvgIpc) is 3.15. The second kappa shape index (κ2) is 18.3. The molecule has 1 heterocycles. The molecule has 0 N–H and O–H groups in total. The molecule has 2 aromatic carbocycles. The van der Waals surface area contributed by atoms with E-state index in [1.807, 2.05) is 18.2 Å². The number of carbonyl (C=O) groups is 2. The van der Waals surface area contributed by atoms with E-state index in [4.69, 9.17) is 27.2 Å². The Labute approximate surface area is 297 Å². The van der Waals surface area contributed by atoms with Crippen molar-refractivity contribution in [2.45, 2.75) is 53.5 Å². The summed E-state index contributed by atoms with van der Waals surface area (Å²) in [5.74, 6) is -0.359. The van der Waals surface area contributed by atoms with Gasteiger partial charge in [0.15, 0.2) is 0 Å². The summed E-state index contributed by atoms with van der Waals surface area (Å²) < 4.78 is 36.3. The first-order chi connectivity index (χ1) is 24.2. The summed E-state index contributed by atoms with van der Waals surface area (Å²) in [4.78, 5) is 28.5. The lowest BCUT2D eigenvalue weighted by Crippen LogP contribution is -2.43. The lowest BCUT2D eigenvalue weighted by molar-refractivity contribution is -0.147. The van der Waals surface area contributed by atoms with Gasteiger partial charge in [-0.1, -0.05) is 25.1 Å². The maximum atomic E-state index is 13.7. The Morgan fingerprint density at radius 2 is 1.54 bits per heavy atom. The van der Waals surface area contributed by atoms with Gasteiger partial charge in [0, 0.05) is 68.8 Å². The number of esters is 2. The molecule has 0 amide bonds. The average molecular weight is 706 g/mol. The maximum Gasteiger partial charge on any atom is 0.503 e. The minimum absolute atomic E-state index is 0.139. The Morgan fingerprint density at radius 3 is 2.20 bits per heavy atom. The van der Waals surface area contributed by atoms with Gasteiger partial charge in [0.2, 0.25) is 5.36 Å². The first kappa shape index (κ1) is 38.8. The van der Waals surface area contributed by atoms with Crippen molar-refractivity contribution >= 4 is 37.4 Å². The summed E-state index contributed by atoms with van der Waals surface area (Å²) >= 11 is 0. The van der Waals surface area contributed by atoms with Crippen LogP contribution in [0, 0.1) is 5.92 Å². The first-order valence-corrected chi connectivity index (χ1v) is 19.5. The van der Waals surface area contributed by atoms with Crippen LogP contribution in [0.2, 0.25) is 6.04 Å². The van der Waals surface area contributed by atoms with Gasteiger partial charge in [-0.15, -0.1) is 0 Å². The molecule has 0 bridgehead atoms. The molecular weight excluding hydrogens is 653 g/mol. The minimum Gasteiger partial charge on any atom is -0.465 e. The Kier molecular flexibility index (Phi) is 14.2. The molecule has 0 saturated carbocycles. The Balaban J connectivity index is 1.58. The molecule has 2 aromatic rings. The van der Waals surface area contributed by atoms with Crippen LogP contribution in [0.15, 0.2) is 65.1 Å². The topological polar surface area (TPSA) is 99.7 Å². The largest absolute Gasteiger partial charge is 0.503 e. The molecule has 0 radical (unpaired) electrons. The van der Waals surface area contributed by atoms with Gasteiger partial charge in [-0.25, -0.2) is 9.37 Å². The highest BCUT2D eigenvalue weighted by molar-refractivity contribution is 6.60. The van der Waals surface area contributed by atoms with Crippen LogP contribution in [-0.4, -0.2) is 81.5 Å². The Hall–Kier alpha value is -4.03. The number of hydrogen-bond acceptors (Lipinski definition) is 9. The minimum atomic E-state index is -2.82. The summed E-state index contributed by atoms with van der Waals surface area (Å²) in [6.07, 6.45) is 1.02. The van der Waals surface area contributed by atoms with Gasteiger partial charge in [0.1, 0.15) is 24.4 Å². The van der Waals surface area contributed by atoms with Crippen molar-refractivity contribution in [3.63, 3.8) is 0 Å². The van der Waals surface area contributed by atoms with Crippen molar-refractivity contribution < 1.29 is 36.8 Å². The zero-order valence-electron chi connectivity index (χ0n) is 30.9. The molecule has 0 aromatic heterocycles. The van der Waals surface area contributed by atoms with E-state index >= 15 is 0 Å². The first-order valence-electron chi connectivity index (χ1n) is 17.6. The van der Waals surface area contributed by atoms with E-state index in [2.05, 4.69) is 73.6 Å². The van der Waals surface area contributed by atoms with E-state index in [0.29, 0.717) is 24.4 Å². The number of carbonyl (C=O) groups excluding carboxylic acids is 2. The molecule has 2 aliphatic rings. The third-order valence-electron chi connectivity index (χ3n) is 9.37. The van der Waals surface area contributed by atoms with Gasteiger partial charge in [-0.3, -0.25) is 4.79 Å². The number of fused-ring (bicyclic) bond motifs is 2. The number of hydrogen-bond donors (Lipinski definition) is 0. The van der Waals surface area contributed by atoms with Crippen LogP contribution < -0.4 is 14.8 Å². The van der Waals surface area contributed by atoms with Crippen LogP contribution in [-0.2, 0) is 27.5 Å². The lowest BCUT2D eigenvalue weighted by atomic mass is 9.90. The zero-order chi connectivity index (χ0) is 36.3. The smallest absolute Gasteiger partial charge is 0.465 e. The summed E-state index contributed by atoms with van der Waals surface area (Å²) in [5, 5.41) is 2.00. The molecule has 1 atom stereocenters. The van der Waals surface area contributed by atoms with Crippen LogP contribution in [0.5, 0.6) is 0 Å². The van der Waals surface area contributed by atoms with Crippen LogP contribution >= 0.6 is 0 Å². The van der Waals surface area contributed by atoms with Gasteiger partial charge in [-0.05, 0) is 70.4 Å². The molecule has 1 aliphatic carbocycles. The van der Waals surface area contributed by atoms with E-state index in [1.165, 1.54) is 21.3 Å². The molecule has 50 heavy (non-hydrogen) atoms. The summed E-state index contributed by atoms with van der Waals surface area (Å²) in [6.45, 7) is 14.2. The lowest BCUT2D eigenvalue weighted by Gasteiger charge is -2.24. The second-order valence-electron chi connectivity index (χ2n) is 12.1. The van der Waals surface area contributed by atoms with E-state index < -0.39 is 14.8 Å². The fraction of sp³-hybridized carbons (Fsp3) is 0.462. The fourth-order valence-electron chi connectivity index (χ4n) is 6.33. The maximum absolute atomic E-state index is 13.7. The predicted molar refractivity (Wildman–Crippen MR) is 199 cm³/mol. The highest BCUT2D eigenvalue weighted by Crippen LogP contribution is 2.42. The standard InChI is InChI=1S/C39H53N2O8Si/c1-9-40(10-2)29-19-21-33-35(26-29)49-36-27-30(41(11-3)12-4)20-22-34(36)37(33)31-17-13-14-18-32(31)39(43)47-23-15-16-28(5)38(42)48-24-25-50(44-6,45-7)46-8/h13-14,17-22,26-28H,9-12,15-16,23-25H2,1-8H3/q+1. The molecular formula is C39H53N2O8Si+. The number of anilines is 1. The van der Waals surface area contributed by atoms with Crippen LogP contribution in [0.25, 0.3) is 33.4 Å².